The van der Waals surface area contributed by atoms with Crippen molar-refractivity contribution in [2.75, 3.05) is 7.05 Å². The van der Waals surface area contributed by atoms with Gasteiger partial charge in [-0.1, -0.05) is 27.0 Å². The van der Waals surface area contributed by atoms with Crippen molar-refractivity contribution in [2.24, 2.45) is 0 Å². The maximum Gasteiger partial charge on any atom is 2.00 e. The predicted octanol–water partition coefficient (Wildman–Crippen LogP) is 5.84. The summed E-state index contributed by atoms with van der Waals surface area (Å²) in [6, 6.07) is 38.4. The van der Waals surface area contributed by atoms with Gasteiger partial charge in [0.05, 0.1) is 0 Å². The average Bonchev–Trinajstić information content (AvgIpc) is 3.33. The van der Waals surface area contributed by atoms with Gasteiger partial charge in [-0.05, 0) is 6.20 Å². The number of nitrogens with zero attached hydrogens (tertiary/aromatic N) is 3. The molecule has 7 heteroatoms. The van der Waals surface area contributed by atoms with Crippen LogP contribution in [0.2, 0.25) is 0 Å². The van der Waals surface area contributed by atoms with Crippen LogP contribution in [0.1, 0.15) is 0 Å². The van der Waals surface area contributed by atoms with Crippen LogP contribution < -0.4 is 4.74 Å². The Bertz CT molecular complexity index is 1370. The van der Waals surface area contributed by atoms with Crippen LogP contribution >= 0.6 is 9.42 Å². The van der Waals surface area contributed by atoms with E-state index in [9.17, 15) is 0 Å². The molecular weight excluding hydrogens is 808 g/mol. The summed E-state index contributed by atoms with van der Waals surface area (Å²) in [5.41, 5.74) is 4.03. The molecule has 0 saturated heterocycles. The summed E-state index contributed by atoms with van der Waals surface area (Å²) in [5.74, 6) is 1.14. The Labute approximate surface area is 229 Å². The first kappa shape index (κ1) is 26.0. The monoisotopic (exact) mass is 823 g/mol. The Morgan fingerprint density at radius 2 is 1.74 bits per heavy atom. The van der Waals surface area contributed by atoms with Crippen molar-refractivity contribution in [2.45, 2.75) is 0 Å². The Balaban J connectivity index is 0.00000105. The molecule has 0 spiro atoms. The second kappa shape index (κ2) is 12.7. The molecule has 0 unspecified atom stereocenters. The predicted molar refractivity (Wildman–Crippen MR) is 122 cm³/mol. The molecule has 0 atom stereocenters. The van der Waals surface area contributed by atoms with Crippen LogP contribution in [0.4, 0.5) is 5.69 Å². The van der Waals surface area contributed by atoms with Crippen molar-refractivity contribution in [3.05, 3.63) is 110 Å². The molecule has 173 valence electrons. The molecular formula is C27H16ClN3OPt2-. The SMILES string of the molecule is C[N+]1=C=[N+](c2[c-]c(Oc3[c-]c(-c4[c-]c(-c5[c-]cccc5)ccn4)[c-]cc3)ccc2)C=C1.[Cl][Pt].[Pt+2]. The van der Waals surface area contributed by atoms with Crippen molar-refractivity contribution in [1.82, 2.24) is 4.98 Å². The summed E-state index contributed by atoms with van der Waals surface area (Å²) >= 11 is 1.61. The van der Waals surface area contributed by atoms with E-state index >= 15 is 0 Å². The molecule has 4 nitrogen and oxygen atoms in total. The molecule has 0 amide bonds. The summed E-state index contributed by atoms with van der Waals surface area (Å²) in [6.07, 6.45) is 5.58. The maximum atomic E-state index is 6.01. The Hall–Kier alpha value is -2.60. The molecule has 3 aromatic carbocycles. The van der Waals surface area contributed by atoms with Crippen molar-refractivity contribution in [3.8, 4) is 33.9 Å². The van der Waals surface area contributed by atoms with Gasteiger partial charge in [0.15, 0.2) is 7.05 Å². The number of hydrogen-bond donors (Lipinski definition) is 0. The molecule has 0 bridgehead atoms. The molecule has 34 heavy (non-hydrogen) atoms. The van der Waals surface area contributed by atoms with E-state index in [0.717, 1.165) is 16.8 Å². The third kappa shape index (κ3) is 6.50. The zero-order valence-corrected chi connectivity index (χ0v) is 23.1. The molecule has 0 saturated carbocycles. The van der Waals surface area contributed by atoms with Gasteiger partial charge in [-0.15, -0.1) is 12.1 Å². The molecule has 2 heterocycles. The number of rotatable bonds is 5. The molecule has 1 aromatic heterocycles. The Morgan fingerprint density at radius 3 is 2.50 bits per heavy atom. The summed E-state index contributed by atoms with van der Waals surface area (Å²) in [7, 11) is 6.53. The molecule has 5 rings (SSSR count). The van der Waals surface area contributed by atoms with E-state index in [-0.39, 0.29) is 21.1 Å². The number of halogens is 1. The molecule has 1 aliphatic heterocycles. The largest absolute Gasteiger partial charge is 2.00 e. The fourth-order valence-corrected chi connectivity index (χ4v) is 3.11. The number of aromatic nitrogens is 1. The fourth-order valence-electron chi connectivity index (χ4n) is 3.11. The first-order valence-corrected chi connectivity index (χ1v) is 12.6. The average molecular weight is 824 g/mol. The first-order chi connectivity index (χ1) is 16.2. The summed E-state index contributed by atoms with van der Waals surface area (Å²) < 4.78 is 9.71. The van der Waals surface area contributed by atoms with E-state index in [1.165, 1.54) is 0 Å². The van der Waals surface area contributed by atoms with Crippen molar-refractivity contribution in [1.29, 1.82) is 0 Å². The van der Waals surface area contributed by atoms with Crippen molar-refractivity contribution < 1.29 is 53.7 Å². The second-order valence-corrected chi connectivity index (χ2v) is 6.83. The van der Waals surface area contributed by atoms with Crippen LogP contribution in [-0.4, -0.2) is 27.2 Å². The summed E-state index contributed by atoms with van der Waals surface area (Å²) in [4.78, 5) is 4.43. The fraction of sp³-hybridized carbons (Fsp3) is 0.0370. The van der Waals surface area contributed by atoms with Crippen LogP contribution in [0.5, 0.6) is 11.5 Å². The van der Waals surface area contributed by atoms with Gasteiger partial charge in [0.25, 0.3) is 6.20 Å². The van der Waals surface area contributed by atoms with Crippen LogP contribution in [0.3, 0.4) is 0 Å². The zero-order chi connectivity index (χ0) is 23.0. The minimum absolute atomic E-state index is 0. The van der Waals surface area contributed by atoms with Gasteiger partial charge < -0.3 is 21.4 Å². The van der Waals surface area contributed by atoms with E-state index in [2.05, 4.69) is 50.7 Å². The smallest absolute Gasteiger partial charge is 2.00 e. The van der Waals surface area contributed by atoms with Crippen LogP contribution in [0, 0.1) is 30.3 Å². The number of benzene rings is 3. The van der Waals surface area contributed by atoms with E-state index in [4.69, 9.17) is 4.74 Å². The van der Waals surface area contributed by atoms with E-state index in [1.807, 2.05) is 77.1 Å². The third-order valence-corrected chi connectivity index (χ3v) is 4.58. The maximum absolute atomic E-state index is 6.01. The topological polar surface area (TPSA) is 28.1 Å². The first-order valence-electron chi connectivity index (χ1n) is 9.83. The molecule has 0 aliphatic carbocycles. The molecule has 0 N–H and O–H groups in total. The second-order valence-electron chi connectivity index (χ2n) is 6.83. The van der Waals surface area contributed by atoms with E-state index < -0.39 is 0 Å². The molecule has 4 aromatic rings. The van der Waals surface area contributed by atoms with Crippen LogP contribution in [-0.2, 0) is 39.8 Å². The van der Waals surface area contributed by atoms with Gasteiger partial charge in [-0.25, -0.2) is 17.2 Å². The third-order valence-electron chi connectivity index (χ3n) is 4.58. The van der Waals surface area contributed by atoms with E-state index in [1.54, 1.807) is 37.1 Å². The zero-order valence-electron chi connectivity index (χ0n) is 17.8. The van der Waals surface area contributed by atoms with Gasteiger partial charge in [0.1, 0.15) is 5.69 Å². The Morgan fingerprint density at radius 1 is 0.882 bits per heavy atom. The molecule has 1 aliphatic rings. The normalized spacial score (nSPS) is 11.5. The molecule has 0 radical (unpaired) electrons. The minimum Gasteiger partial charge on any atom is 2.00 e. The number of hydrogen-bond acceptors (Lipinski definition) is 2. The van der Waals surface area contributed by atoms with Gasteiger partial charge >= 0.3 is 55.3 Å². The standard InChI is InChI=1S/C27H16N3O.ClH.2Pt/c1-29-15-16-30(20-29)24-10-6-12-26(19-24)31-25-11-5-9-23(17-25)27-18-22(13-14-28-27)21-7-3-2-4-8-21;;;/h2-7,10-16H,1H3;1H;;/q-3;;+1;+2/p-1. The molecule has 0 fully saturated rings. The number of ether oxygens (including phenoxy) is 1. The van der Waals surface area contributed by atoms with Gasteiger partial charge in [-0.2, -0.15) is 48.2 Å². The van der Waals surface area contributed by atoms with Gasteiger partial charge in [0.2, 0.25) is 6.20 Å². The van der Waals surface area contributed by atoms with E-state index in [0.29, 0.717) is 22.8 Å². The number of pyridine rings is 1. The van der Waals surface area contributed by atoms with Crippen molar-refractivity contribution in [3.63, 3.8) is 0 Å². The minimum atomic E-state index is 0. The van der Waals surface area contributed by atoms with Gasteiger partial charge in [-0.3, -0.25) is 12.1 Å². The Kier molecular flexibility index (Phi) is 9.75. The van der Waals surface area contributed by atoms with Crippen LogP contribution in [0.25, 0.3) is 22.4 Å². The summed E-state index contributed by atoms with van der Waals surface area (Å²) in [6.45, 7) is 0. The quantitative estimate of drug-likeness (QED) is 0.187. The van der Waals surface area contributed by atoms with Crippen molar-refractivity contribution >= 4 is 21.1 Å². The summed E-state index contributed by atoms with van der Waals surface area (Å²) in [5, 5.41) is 0. The van der Waals surface area contributed by atoms with Gasteiger partial charge in [0, 0.05) is 5.75 Å². The van der Waals surface area contributed by atoms with Crippen LogP contribution in [0.15, 0.2) is 79.3 Å².